The van der Waals surface area contributed by atoms with Crippen molar-refractivity contribution in [3.63, 3.8) is 0 Å². The third-order valence-electron chi connectivity index (χ3n) is 4.27. The zero-order chi connectivity index (χ0) is 10.6. The quantitative estimate of drug-likeness (QED) is 0.538. The Bertz CT molecular complexity index is 306. The van der Waals surface area contributed by atoms with Gasteiger partial charge in [0.05, 0.1) is 5.41 Å². The minimum absolute atomic E-state index is 0.0801. The molecule has 3 aliphatic rings. The van der Waals surface area contributed by atoms with Crippen LogP contribution in [-0.2, 0) is 4.79 Å². The van der Waals surface area contributed by atoms with E-state index in [-0.39, 0.29) is 10.8 Å². The second-order valence-electron chi connectivity index (χ2n) is 5.97. The molecule has 0 aromatic heterocycles. The molecule has 14 heavy (non-hydrogen) atoms. The van der Waals surface area contributed by atoms with Crippen molar-refractivity contribution in [2.75, 3.05) is 0 Å². The Kier molecular flexibility index (Phi) is 1.93. The molecule has 78 valence electrons. The summed E-state index contributed by atoms with van der Waals surface area (Å²) in [5.41, 5.74) is 1.38. The molecule has 0 radical (unpaired) electrons. The smallest absolute Gasteiger partial charge is 0.143 e. The van der Waals surface area contributed by atoms with Crippen LogP contribution in [0.15, 0.2) is 11.6 Å². The van der Waals surface area contributed by atoms with Gasteiger partial charge in [-0.25, -0.2) is 0 Å². The maximum absolute atomic E-state index is 12.1. The molecule has 3 aliphatic carbocycles. The number of Topliss-reactive ketones (excluding diaryl/α,β-unsaturated/α-hetero) is 1. The molecule has 0 aromatic carbocycles. The van der Waals surface area contributed by atoms with E-state index >= 15 is 0 Å². The minimum Gasteiger partial charge on any atom is -0.299 e. The van der Waals surface area contributed by atoms with Gasteiger partial charge < -0.3 is 0 Å². The van der Waals surface area contributed by atoms with E-state index in [1.807, 2.05) is 0 Å². The van der Waals surface area contributed by atoms with Gasteiger partial charge in [-0.2, -0.15) is 0 Å². The summed E-state index contributed by atoms with van der Waals surface area (Å²) >= 11 is 0. The van der Waals surface area contributed by atoms with E-state index in [0.717, 1.165) is 12.8 Å². The van der Waals surface area contributed by atoms with E-state index in [2.05, 4.69) is 33.8 Å². The number of carbonyl (C=O) groups is 1. The topological polar surface area (TPSA) is 17.1 Å². The first-order chi connectivity index (χ1) is 6.37. The Morgan fingerprint density at radius 2 is 2.07 bits per heavy atom. The van der Waals surface area contributed by atoms with Crippen molar-refractivity contribution in [1.82, 2.24) is 0 Å². The lowest BCUT2D eigenvalue weighted by Crippen LogP contribution is -2.48. The molecule has 0 N–H and O–H groups in total. The highest BCUT2D eigenvalue weighted by Gasteiger charge is 2.52. The molecule has 0 spiro atoms. The van der Waals surface area contributed by atoms with Gasteiger partial charge in [0.2, 0.25) is 0 Å². The first-order valence-corrected chi connectivity index (χ1v) is 5.59. The zero-order valence-corrected chi connectivity index (χ0v) is 9.68. The Morgan fingerprint density at radius 3 is 2.43 bits per heavy atom. The van der Waals surface area contributed by atoms with Crippen LogP contribution in [-0.4, -0.2) is 5.78 Å². The number of fused-ring (bicyclic) bond motifs is 2. The molecule has 0 aromatic rings. The first kappa shape index (κ1) is 9.95. The van der Waals surface area contributed by atoms with E-state index in [1.54, 1.807) is 0 Å². The monoisotopic (exact) mass is 192 g/mol. The molecule has 3 rings (SSSR count). The van der Waals surface area contributed by atoms with Crippen LogP contribution in [0.1, 0.15) is 47.0 Å². The molecule has 1 nitrogen and oxygen atoms in total. The number of hydrogen-bond donors (Lipinski definition) is 0. The Morgan fingerprint density at radius 1 is 1.43 bits per heavy atom. The molecule has 1 heteroatoms. The summed E-state index contributed by atoms with van der Waals surface area (Å²) in [5, 5.41) is 0. The molecular formula is C13H20O. The van der Waals surface area contributed by atoms with E-state index in [4.69, 9.17) is 0 Å². The molecule has 2 atom stereocenters. The van der Waals surface area contributed by atoms with Gasteiger partial charge in [0, 0.05) is 6.42 Å². The number of allylic oxidation sites excluding steroid dienone is 2. The van der Waals surface area contributed by atoms with Crippen LogP contribution in [0.25, 0.3) is 0 Å². The van der Waals surface area contributed by atoms with Crippen molar-refractivity contribution in [2.45, 2.75) is 47.0 Å². The van der Waals surface area contributed by atoms with Crippen molar-refractivity contribution in [3.8, 4) is 0 Å². The molecule has 1 fully saturated rings. The summed E-state index contributed by atoms with van der Waals surface area (Å²) in [4.78, 5) is 12.1. The van der Waals surface area contributed by atoms with Gasteiger partial charge in [-0.15, -0.1) is 0 Å². The van der Waals surface area contributed by atoms with Gasteiger partial charge >= 0.3 is 0 Å². The van der Waals surface area contributed by atoms with Gasteiger partial charge in [0.15, 0.2) is 0 Å². The fraction of sp³-hybridized carbons (Fsp3) is 0.769. The molecule has 0 amide bonds. The van der Waals surface area contributed by atoms with Crippen LogP contribution >= 0.6 is 0 Å². The van der Waals surface area contributed by atoms with Gasteiger partial charge in [-0.1, -0.05) is 32.4 Å². The number of carbonyl (C=O) groups excluding carboxylic acids is 1. The fourth-order valence-corrected chi connectivity index (χ4v) is 3.11. The lowest BCUT2D eigenvalue weighted by molar-refractivity contribution is -0.137. The first-order valence-electron chi connectivity index (χ1n) is 5.59. The van der Waals surface area contributed by atoms with Gasteiger partial charge in [-0.05, 0) is 31.1 Å². The van der Waals surface area contributed by atoms with E-state index in [0.29, 0.717) is 11.7 Å². The molecule has 0 aliphatic heterocycles. The van der Waals surface area contributed by atoms with Crippen molar-refractivity contribution < 1.29 is 4.79 Å². The number of ketones is 1. The summed E-state index contributed by atoms with van der Waals surface area (Å²) < 4.78 is 0. The van der Waals surface area contributed by atoms with Crippen molar-refractivity contribution in [1.29, 1.82) is 0 Å². The fourth-order valence-electron chi connectivity index (χ4n) is 3.11. The summed E-state index contributed by atoms with van der Waals surface area (Å²) in [5.74, 6) is 1.04. The van der Waals surface area contributed by atoms with E-state index in [9.17, 15) is 4.79 Å². The van der Waals surface area contributed by atoms with E-state index in [1.165, 1.54) is 12.0 Å². The molecule has 0 unspecified atom stereocenters. The van der Waals surface area contributed by atoms with Crippen LogP contribution in [0.4, 0.5) is 0 Å². The van der Waals surface area contributed by atoms with Crippen LogP contribution in [0, 0.1) is 16.7 Å². The van der Waals surface area contributed by atoms with Crippen molar-refractivity contribution in [3.05, 3.63) is 11.6 Å². The van der Waals surface area contributed by atoms with Crippen LogP contribution in [0.5, 0.6) is 0 Å². The second kappa shape index (κ2) is 2.71. The summed E-state index contributed by atoms with van der Waals surface area (Å²) in [6.45, 7) is 8.78. The molecular weight excluding hydrogens is 172 g/mol. The molecule has 1 saturated carbocycles. The van der Waals surface area contributed by atoms with Crippen LogP contribution in [0.3, 0.4) is 0 Å². The maximum Gasteiger partial charge on any atom is 0.143 e. The highest BCUT2D eigenvalue weighted by atomic mass is 16.1. The Hall–Kier alpha value is -0.590. The SMILES string of the molecule is CC1=C[C@]2(C(C)(C)C)CC[C@H]1CC2=O. The third kappa shape index (κ3) is 1.11. The second-order valence-corrected chi connectivity index (χ2v) is 5.97. The van der Waals surface area contributed by atoms with Crippen molar-refractivity contribution in [2.24, 2.45) is 16.7 Å². The lowest BCUT2D eigenvalue weighted by atomic mass is 9.52. The standard InChI is InChI=1S/C13H20O/c1-9-8-13(12(2,3)4)6-5-10(9)7-11(13)14/h8,10H,5-7H2,1-4H3/t10-,13+/m0/s1. The molecule has 0 heterocycles. The Balaban J connectivity index is 2.51. The van der Waals surface area contributed by atoms with E-state index < -0.39 is 0 Å². The molecule has 0 saturated heterocycles. The van der Waals surface area contributed by atoms with Gasteiger partial charge in [0.1, 0.15) is 5.78 Å². The highest BCUT2D eigenvalue weighted by Crippen LogP contribution is 2.55. The summed E-state index contributed by atoms with van der Waals surface area (Å²) in [6, 6.07) is 0. The molecule has 2 bridgehead atoms. The normalized spacial score (nSPS) is 37.3. The average Bonchev–Trinajstić information content (AvgIpc) is 2.05. The number of hydrogen-bond acceptors (Lipinski definition) is 1. The maximum atomic E-state index is 12.1. The van der Waals surface area contributed by atoms with Gasteiger partial charge in [0.25, 0.3) is 0 Å². The highest BCUT2D eigenvalue weighted by molar-refractivity contribution is 5.90. The van der Waals surface area contributed by atoms with Crippen molar-refractivity contribution >= 4 is 5.78 Å². The third-order valence-corrected chi connectivity index (χ3v) is 4.27. The largest absolute Gasteiger partial charge is 0.299 e. The average molecular weight is 192 g/mol. The summed E-state index contributed by atoms with van der Waals surface area (Å²) in [6.07, 6.45) is 5.34. The lowest BCUT2D eigenvalue weighted by Gasteiger charge is -2.50. The predicted octanol–water partition coefficient (Wildman–Crippen LogP) is 3.35. The van der Waals surface area contributed by atoms with Crippen LogP contribution in [0.2, 0.25) is 0 Å². The van der Waals surface area contributed by atoms with Crippen LogP contribution < -0.4 is 0 Å². The number of rotatable bonds is 0. The van der Waals surface area contributed by atoms with Gasteiger partial charge in [-0.3, -0.25) is 4.79 Å². The Labute approximate surface area is 86.6 Å². The zero-order valence-electron chi connectivity index (χ0n) is 9.68. The predicted molar refractivity (Wildman–Crippen MR) is 58.0 cm³/mol. The summed E-state index contributed by atoms with van der Waals surface area (Å²) in [7, 11) is 0. The minimum atomic E-state index is -0.147.